The summed E-state index contributed by atoms with van der Waals surface area (Å²) in [7, 11) is 5.36. The number of carboxylic acids is 1. The van der Waals surface area contributed by atoms with Crippen molar-refractivity contribution in [2.24, 2.45) is 5.92 Å². The predicted molar refractivity (Wildman–Crippen MR) is 156 cm³/mol. The van der Waals surface area contributed by atoms with Crippen molar-refractivity contribution >= 4 is 28.4 Å². The van der Waals surface area contributed by atoms with E-state index in [4.69, 9.17) is 4.98 Å². The first-order valence-corrected chi connectivity index (χ1v) is 13.8. The summed E-state index contributed by atoms with van der Waals surface area (Å²) in [5, 5.41) is 12.8. The number of likely N-dealkylation sites (tertiary alicyclic amines) is 1. The van der Waals surface area contributed by atoms with Gasteiger partial charge in [-0.25, -0.2) is 23.2 Å². The number of benzene rings is 1. The highest BCUT2D eigenvalue weighted by atomic mass is 19.2. The van der Waals surface area contributed by atoms with Gasteiger partial charge >= 0.3 is 5.97 Å². The largest absolute Gasteiger partial charge is 0.477 e. The number of rotatable bonds is 5. The molecule has 5 heterocycles. The zero-order chi connectivity index (χ0) is 29.4. The maximum atomic E-state index is 15.7. The van der Waals surface area contributed by atoms with Gasteiger partial charge in [-0.15, -0.1) is 0 Å². The first-order valence-electron chi connectivity index (χ1n) is 13.8. The molecular formula is C30H29F2N7O3. The van der Waals surface area contributed by atoms with Crippen molar-refractivity contribution in [3.63, 3.8) is 0 Å². The van der Waals surface area contributed by atoms with E-state index in [1.807, 2.05) is 0 Å². The van der Waals surface area contributed by atoms with Gasteiger partial charge in [0.1, 0.15) is 5.56 Å². The van der Waals surface area contributed by atoms with Gasteiger partial charge in [-0.2, -0.15) is 0 Å². The summed E-state index contributed by atoms with van der Waals surface area (Å²) in [5.74, 6) is -2.78. The fourth-order valence-electron chi connectivity index (χ4n) is 7.07. The van der Waals surface area contributed by atoms with E-state index in [2.05, 4.69) is 32.6 Å². The lowest BCUT2D eigenvalue weighted by Crippen LogP contribution is -2.35. The molecule has 0 saturated carbocycles. The van der Waals surface area contributed by atoms with Crippen molar-refractivity contribution in [1.82, 2.24) is 19.5 Å². The van der Waals surface area contributed by atoms with Crippen LogP contribution in [0, 0.1) is 17.6 Å². The van der Waals surface area contributed by atoms with Gasteiger partial charge < -0.3 is 25.6 Å². The van der Waals surface area contributed by atoms with Gasteiger partial charge in [0.2, 0.25) is 5.43 Å². The third kappa shape index (κ3) is 3.71. The van der Waals surface area contributed by atoms with Gasteiger partial charge in [0.25, 0.3) is 0 Å². The van der Waals surface area contributed by atoms with Gasteiger partial charge in [-0.1, -0.05) is 0 Å². The zero-order valence-corrected chi connectivity index (χ0v) is 23.3. The van der Waals surface area contributed by atoms with Gasteiger partial charge in [0, 0.05) is 98.8 Å². The molecule has 0 radical (unpaired) electrons. The second kappa shape index (κ2) is 9.48. The monoisotopic (exact) mass is 573 g/mol. The first-order chi connectivity index (χ1) is 20.2. The third-order valence-electron chi connectivity index (χ3n) is 8.96. The summed E-state index contributed by atoms with van der Waals surface area (Å²) in [4.78, 5) is 39.0. The third-order valence-corrected chi connectivity index (χ3v) is 8.96. The summed E-state index contributed by atoms with van der Waals surface area (Å²) in [5.41, 5.74) is 6.51. The van der Waals surface area contributed by atoms with Crippen LogP contribution in [0.1, 0.15) is 28.0 Å². The molecule has 7 rings (SSSR count). The number of carbonyl (C=O) groups is 1. The van der Waals surface area contributed by atoms with Crippen molar-refractivity contribution in [2.45, 2.75) is 18.9 Å². The Labute approximate surface area is 239 Å². The van der Waals surface area contributed by atoms with Crippen LogP contribution >= 0.6 is 0 Å². The Hall–Kier alpha value is -4.58. The lowest BCUT2D eigenvalue weighted by atomic mass is 9.96. The Bertz CT molecular complexity index is 1870. The van der Waals surface area contributed by atoms with Crippen LogP contribution in [0.5, 0.6) is 0 Å². The highest BCUT2D eigenvalue weighted by Crippen LogP contribution is 2.52. The van der Waals surface area contributed by atoms with Crippen molar-refractivity contribution < 1.29 is 18.7 Å². The van der Waals surface area contributed by atoms with E-state index >= 15 is 4.39 Å². The molecule has 1 aromatic carbocycles. The van der Waals surface area contributed by atoms with Crippen molar-refractivity contribution in [2.75, 3.05) is 56.4 Å². The lowest BCUT2D eigenvalue weighted by molar-refractivity contribution is 0.0695. The van der Waals surface area contributed by atoms with Crippen molar-refractivity contribution in [3.8, 4) is 22.3 Å². The van der Waals surface area contributed by atoms with E-state index in [9.17, 15) is 19.1 Å². The van der Waals surface area contributed by atoms with E-state index < -0.39 is 28.6 Å². The fourth-order valence-corrected chi connectivity index (χ4v) is 7.07. The molecule has 0 bridgehead atoms. The minimum absolute atomic E-state index is 0.114. The number of hydrogen-bond donors (Lipinski definition) is 3. The molecule has 0 spiro atoms. The number of anilines is 2. The zero-order valence-electron chi connectivity index (χ0n) is 23.3. The molecule has 3 aliphatic rings. The molecule has 12 heteroatoms. The number of aromatic carboxylic acids is 1. The molecule has 2 aliphatic heterocycles. The first kappa shape index (κ1) is 26.3. The topological polar surface area (TPSA) is 116 Å². The minimum atomic E-state index is -1.35. The molecule has 2 fully saturated rings. The number of pyridine rings is 3. The predicted octanol–water partition coefficient (Wildman–Crippen LogP) is 3.36. The van der Waals surface area contributed by atoms with Crippen LogP contribution in [0.2, 0.25) is 0 Å². The second-order valence-corrected chi connectivity index (χ2v) is 11.2. The molecule has 2 saturated heterocycles. The average Bonchev–Trinajstić information content (AvgIpc) is 3.66. The summed E-state index contributed by atoms with van der Waals surface area (Å²) >= 11 is 0. The number of halogens is 2. The smallest absolute Gasteiger partial charge is 0.341 e. The van der Waals surface area contributed by atoms with Gasteiger partial charge in [-0.05, 0) is 31.0 Å². The standard InChI is InChI=1S/C30H29F2N7O3/c1-33-21-8-20(31)26(32)24-16(21)7-22-25(24)27(38-5-4-14-11-37(3)13-23(14)38)18(10-35-22)15-6-17-28(40)19(30(41)42)12-39(34-2)29(17)36-9-15/h6,8-10,12,14,23,33-34H,4-5,7,11,13H2,1-3H3,(H,41,42)/t14-,23+/m0/s1. The number of fused-ring (bicyclic) bond motifs is 5. The SMILES string of the molecule is CNc1cc(F)c(F)c2c1Cc1ncc(-c3cnc4c(c3)c(=O)c(C(=O)O)cn4NC)c(N3CC[C@H]4CN(C)C[C@H]43)c1-2. The van der Waals surface area contributed by atoms with E-state index in [1.54, 1.807) is 32.6 Å². The molecule has 0 unspecified atom stereocenters. The molecule has 0 amide bonds. The molecule has 3 N–H and O–H groups in total. The number of aromatic nitrogens is 3. The Morgan fingerprint density at radius 3 is 2.67 bits per heavy atom. The highest BCUT2D eigenvalue weighted by Gasteiger charge is 2.43. The van der Waals surface area contributed by atoms with Crippen molar-refractivity contribution in [1.29, 1.82) is 0 Å². The second-order valence-electron chi connectivity index (χ2n) is 11.2. The summed E-state index contributed by atoms with van der Waals surface area (Å²) < 4.78 is 32.1. The van der Waals surface area contributed by atoms with Gasteiger partial charge in [0.15, 0.2) is 17.3 Å². The number of nitrogens with zero attached hydrogens (tertiary/aromatic N) is 5. The number of carboxylic acid groups (broad SMARTS) is 1. The quantitative estimate of drug-likeness (QED) is 0.291. The van der Waals surface area contributed by atoms with Crippen LogP contribution in [0.3, 0.4) is 0 Å². The van der Waals surface area contributed by atoms with Crippen molar-refractivity contribution in [3.05, 3.63) is 69.4 Å². The maximum absolute atomic E-state index is 15.7. The van der Waals surface area contributed by atoms with Crippen LogP contribution in [0.15, 0.2) is 35.5 Å². The van der Waals surface area contributed by atoms with Crippen LogP contribution in [0.25, 0.3) is 33.3 Å². The van der Waals surface area contributed by atoms with Crippen LogP contribution in [0.4, 0.5) is 20.2 Å². The van der Waals surface area contributed by atoms with Crippen LogP contribution < -0.4 is 21.1 Å². The van der Waals surface area contributed by atoms with Crippen LogP contribution in [-0.4, -0.2) is 77.4 Å². The Morgan fingerprint density at radius 2 is 1.93 bits per heavy atom. The Kier molecular flexibility index (Phi) is 5.94. The number of likely N-dealkylation sites (N-methyl/N-ethyl adjacent to an activating group) is 1. The molecule has 216 valence electrons. The summed E-state index contributed by atoms with van der Waals surface area (Å²) in [6, 6.07) is 2.96. The highest BCUT2D eigenvalue weighted by molar-refractivity contribution is 5.99. The van der Waals surface area contributed by atoms with E-state index in [0.717, 1.165) is 31.7 Å². The van der Waals surface area contributed by atoms with Gasteiger partial charge in [-0.3, -0.25) is 9.78 Å². The van der Waals surface area contributed by atoms with E-state index in [1.165, 1.54) is 16.9 Å². The van der Waals surface area contributed by atoms with Crippen LogP contribution in [-0.2, 0) is 6.42 Å². The number of hydrogen-bond acceptors (Lipinski definition) is 8. The molecule has 1 aliphatic carbocycles. The Morgan fingerprint density at radius 1 is 1.12 bits per heavy atom. The van der Waals surface area contributed by atoms with E-state index in [0.29, 0.717) is 46.0 Å². The van der Waals surface area contributed by atoms with Gasteiger partial charge in [0.05, 0.1) is 16.8 Å². The molecule has 2 atom stereocenters. The summed E-state index contributed by atoms with van der Waals surface area (Å²) in [6.45, 7) is 2.51. The molecule has 42 heavy (non-hydrogen) atoms. The fraction of sp³-hybridized carbons (Fsp3) is 0.333. The minimum Gasteiger partial charge on any atom is -0.477 e. The molecular weight excluding hydrogens is 544 g/mol. The normalized spacial score (nSPS) is 19.2. The molecule has 10 nitrogen and oxygen atoms in total. The Balaban J connectivity index is 1.52. The molecule has 4 aromatic rings. The maximum Gasteiger partial charge on any atom is 0.341 e. The summed E-state index contributed by atoms with van der Waals surface area (Å²) in [6.07, 6.45) is 5.82. The number of nitrogens with one attached hydrogen (secondary N) is 2. The molecule has 3 aromatic heterocycles. The van der Waals surface area contributed by atoms with E-state index in [-0.39, 0.29) is 22.6 Å². The average molecular weight is 574 g/mol. The lowest BCUT2D eigenvalue weighted by Gasteiger charge is -2.31.